The Labute approximate surface area is 123 Å². The van der Waals surface area contributed by atoms with Gasteiger partial charge in [-0.3, -0.25) is 9.59 Å². The summed E-state index contributed by atoms with van der Waals surface area (Å²) < 4.78 is 0. The molecular weight excluding hydrogens is 268 g/mol. The van der Waals surface area contributed by atoms with Crippen LogP contribution >= 0.6 is 0 Å². The molecule has 0 atom stereocenters. The lowest BCUT2D eigenvalue weighted by Crippen LogP contribution is -2.67. The van der Waals surface area contributed by atoms with Gasteiger partial charge in [0.05, 0.1) is 6.54 Å². The van der Waals surface area contributed by atoms with Gasteiger partial charge in [-0.2, -0.15) is 0 Å². The molecule has 1 saturated carbocycles. The van der Waals surface area contributed by atoms with Gasteiger partial charge < -0.3 is 15.3 Å². The van der Waals surface area contributed by atoms with Gasteiger partial charge in [-0.05, 0) is 30.5 Å². The Morgan fingerprint density at radius 3 is 2.43 bits per heavy atom. The van der Waals surface area contributed by atoms with Crippen LogP contribution in [0.1, 0.15) is 37.7 Å². The van der Waals surface area contributed by atoms with Crippen molar-refractivity contribution in [1.29, 1.82) is 0 Å². The van der Waals surface area contributed by atoms with E-state index in [1.807, 2.05) is 0 Å². The fourth-order valence-electron chi connectivity index (χ4n) is 3.43. The van der Waals surface area contributed by atoms with Gasteiger partial charge in [0.15, 0.2) is 0 Å². The van der Waals surface area contributed by atoms with Gasteiger partial charge in [0, 0.05) is 6.54 Å². The smallest absolute Gasteiger partial charge is 0.246 e. The first-order chi connectivity index (χ1) is 10.1. The lowest BCUT2D eigenvalue weighted by Gasteiger charge is -2.47. The molecule has 112 valence electrons. The Morgan fingerprint density at radius 2 is 1.76 bits per heavy atom. The number of phenols is 1. The Balaban J connectivity index is 1.89. The van der Waals surface area contributed by atoms with Crippen molar-refractivity contribution < 1.29 is 14.7 Å². The van der Waals surface area contributed by atoms with E-state index in [9.17, 15) is 14.7 Å². The highest BCUT2D eigenvalue weighted by atomic mass is 16.3. The maximum atomic E-state index is 12.4. The van der Waals surface area contributed by atoms with Gasteiger partial charge in [0.2, 0.25) is 11.8 Å². The second-order valence-corrected chi connectivity index (χ2v) is 5.92. The van der Waals surface area contributed by atoms with E-state index in [2.05, 4.69) is 5.32 Å². The van der Waals surface area contributed by atoms with E-state index >= 15 is 0 Å². The molecule has 2 fully saturated rings. The summed E-state index contributed by atoms with van der Waals surface area (Å²) in [6.45, 7) is 0.505. The highest BCUT2D eigenvalue weighted by Crippen LogP contribution is 2.36. The number of hydrogen-bond donors (Lipinski definition) is 2. The lowest BCUT2D eigenvalue weighted by atomic mass is 9.78. The average Bonchev–Trinajstić information content (AvgIpc) is 2.51. The third-order valence-corrected chi connectivity index (χ3v) is 4.60. The normalized spacial score (nSPS) is 21.4. The fourth-order valence-corrected chi connectivity index (χ4v) is 3.43. The zero-order chi connectivity index (χ0) is 14.9. The van der Waals surface area contributed by atoms with Crippen LogP contribution in [0.25, 0.3) is 0 Å². The molecule has 5 nitrogen and oxygen atoms in total. The first-order valence-corrected chi connectivity index (χ1v) is 7.48. The van der Waals surface area contributed by atoms with Crippen molar-refractivity contribution in [2.24, 2.45) is 0 Å². The van der Waals surface area contributed by atoms with Crippen molar-refractivity contribution in [2.45, 2.75) is 44.2 Å². The van der Waals surface area contributed by atoms with E-state index in [0.29, 0.717) is 6.54 Å². The molecule has 1 heterocycles. The number of aromatic hydroxyl groups is 1. The van der Waals surface area contributed by atoms with E-state index in [1.165, 1.54) is 0 Å². The van der Waals surface area contributed by atoms with Crippen LogP contribution in [0.15, 0.2) is 24.3 Å². The maximum absolute atomic E-state index is 12.4. The molecule has 0 bridgehead atoms. The number of carbonyl (C=O) groups is 2. The molecule has 0 radical (unpaired) electrons. The van der Waals surface area contributed by atoms with E-state index in [-0.39, 0.29) is 24.1 Å². The molecule has 21 heavy (non-hydrogen) atoms. The number of carbonyl (C=O) groups excluding carboxylic acids is 2. The molecule has 5 heteroatoms. The first kappa shape index (κ1) is 13.9. The van der Waals surface area contributed by atoms with Crippen LogP contribution in [0, 0.1) is 0 Å². The zero-order valence-corrected chi connectivity index (χ0v) is 12.0. The first-order valence-electron chi connectivity index (χ1n) is 7.48. The van der Waals surface area contributed by atoms with Crippen molar-refractivity contribution in [3.63, 3.8) is 0 Å². The number of piperazine rings is 1. The molecule has 2 amide bonds. The Hall–Kier alpha value is -2.04. The van der Waals surface area contributed by atoms with Gasteiger partial charge in [0.1, 0.15) is 11.3 Å². The summed E-state index contributed by atoms with van der Waals surface area (Å²) in [6, 6.07) is 6.81. The van der Waals surface area contributed by atoms with E-state index in [4.69, 9.17) is 0 Å². The van der Waals surface area contributed by atoms with Crippen molar-refractivity contribution >= 4 is 11.8 Å². The summed E-state index contributed by atoms with van der Waals surface area (Å²) in [5.41, 5.74) is 0.256. The average molecular weight is 288 g/mol. The van der Waals surface area contributed by atoms with Crippen LogP contribution in [0.3, 0.4) is 0 Å². The number of phenolic OH excluding ortho intramolecular Hbond substituents is 1. The van der Waals surface area contributed by atoms with Crippen LogP contribution in [-0.4, -0.2) is 33.9 Å². The van der Waals surface area contributed by atoms with Crippen molar-refractivity contribution in [3.05, 3.63) is 29.8 Å². The van der Waals surface area contributed by atoms with Crippen molar-refractivity contribution in [1.82, 2.24) is 10.2 Å². The second kappa shape index (κ2) is 5.39. The van der Waals surface area contributed by atoms with Crippen LogP contribution in [0.5, 0.6) is 5.75 Å². The van der Waals surface area contributed by atoms with Gasteiger partial charge in [-0.15, -0.1) is 0 Å². The van der Waals surface area contributed by atoms with Gasteiger partial charge in [-0.1, -0.05) is 31.4 Å². The molecule has 0 aromatic heterocycles. The number of benzene rings is 1. The summed E-state index contributed by atoms with van der Waals surface area (Å²) in [5.74, 6) is 0.166. The molecule has 3 rings (SSSR count). The summed E-state index contributed by atoms with van der Waals surface area (Å²) >= 11 is 0. The highest BCUT2D eigenvalue weighted by molar-refractivity contribution is 5.98. The standard InChI is InChI=1S/C16H20N2O3/c19-13-6-4-12(5-7-13)11-18-14(20)10-17-15(21)16(18)8-2-1-3-9-16/h4-7,19H,1-3,8-11H2,(H,17,21). The highest BCUT2D eigenvalue weighted by Gasteiger charge is 2.49. The Morgan fingerprint density at radius 1 is 1.10 bits per heavy atom. The number of nitrogens with one attached hydrogen (secondary N) is 1. The van der Waals surface area contributed by atoms with Crippen molar-refractivity contribution in [2.75, 3.05) is 6.54 Å². The largest absolute Gasteiger partial charge is 0.508 e. The Kier molecular flexibility index (Phi) is 3.57. The molecule has 2 aliphatic rings. The quantitative estimate of drug-likeness (QED) is 0.867. The number of hydrogen-bond acceptors (Lipinski definition) is 3. The summed E-state index contributed by atoms with van der Waals surface area (Å²) in [6.07, 6.45) is 4.56. The molecular formula is C16H20N2O3. The third-order valence-electron chi connectivity index (χ3n) is 4.60. The van der Waals surface area contributed by atoms with Crippen LogP contribution < -0.4 is 5.32 Å². The predicted octanol–water partition coefficient (Wildman–Crippen LogP) is 1.55. The SMILES string of the molecule is O=C1CNC(=O)C2(CCCCC2)N1Cc1ccc(O)cc1. The van der Waals surface area contributed by atoms with Crippen LogP contribution in [-0.2, 0) is 16.1 Å². The topological polar surface area (TPSA) is 69.6 Å². The Bertz CT molecular complexity index is 547. The number of rotatable bonds is 2. The van der Waals surface area contributed by atoms with Crippen LogP contribution in [0.2, 0.25) is 0 Å². The van der Waals surface area contributed by atoms with E-state index in [1.54, 1.807) is 29.2 Å². The lowest BCUT2D eigenvalue weighted by molar-refractivity contribution is -0.157. The number of nitrogens with zero attached hydrogens (tertiary/aromatic N) is 1. The monoisotopic (exact) mass is 288 g/mol. The minimum absolute atomic E-state index is 0.0134. The minimum Gasteiger partial charge on any atom is -0.508 e. The summed E-state index contributed by atoms with van der Waals surface area (Å²) in [7, 11) is 0. The molecule has 2 N–H and O–H groups in total. The molecule has 1 aliphatic carbocycles. The molecule has 1 saturated heterocycles. The zero-order valence-electron chi connectivity index (χ0n) is 12.0. The second-order valence-electron chi connectivity index (χ2n) is 5.92. The molecule has 0 unspecified atom stereocenters. The maximum Gasteiger partial charge on any atom is 0.246 e. The molecule has 1 aliphatic heterocycles. The van der Waals surface area contributed by atoms with Gasteiger partial charge in [0.25, 0.3) is 0 Å². The molecule has 1 spiro atoms. The fraction of sp³-hybridized carbons (Fsp3) is 0.500. The third kappa shape index (κ3) is 2.48. The summed E-state index contributed by atoms with van der Waals surface area (Å²) in [5, 5.41) is 12.1. The number of amides is 2. The van der Waals surface area contributed by atoms with E-state index in [0.717, 1.165) is 37.7 Å². The molecule has 1 aromatic rings. The predicted molar refractivity (Wildman–Crippen MR) is 77.5 cm³/mol. The van der Waals surface area contributed by atoms with Crippen molar-refractivity contribution in [3.8, 4) is 5.75 Å². The summed E-state index contributed by atoms with van der Waals surface area (Å²) in [4.78, 5) is 26.5. The van der Waals surface area contributed by atoms with Gasteiger partial charge >= 0.3 is 0 Å². The van der Waals surface area contributed by atoms with Gasteiger partial charge in [-0.25, -0.2) is 0 Å². The minimum atomic E-state index is -0.675. The van der Waals surface area contributed by atoms with E-state index < -0.39 is 5.54 Å². The van der Waals surface area contributed by atoms with Crippen LogP contribution in [0.4, 0.5) is 0 Å². The molecule has 1 aromatic carbocycles.